The lowest BCUT2D eigenvalue weighted by atomic mass is 9.78. The molecule has 12 rings (SSSR count). The minimum Gasteiger partial charge on any atom is -0.456 e. The lowest BCUT2D eigenvalue weighted by molar-refractivity contribution is 0.435. The van der Waals surface area contributed by atoms with Crippen molar-refractivity contribution in [3.05, 3.63) is 157 Å². The van der Waals surface area contributed by atoms with Crippen LogP contribution in [0.4, 0.5) is 0 Å². The number of hydrogen-bond donors (Lipinski definition) is 0. The molecule has 0 bridgehead atoms. The molecule has 0 N–H and O–H groups in total. The topological polar surface area (TPSA) is 23.0 Å². The van der Waals surface area contributed by atoms with Crippen LogP contribution in [0.3, 0.4) is 0 Å². The summed E-state index contributed by atoms with van der Waals surface area (Å²) in [6.07, 6.45) is 13.5. The maximum Gasteiger partial charge on any atom is 0.135 e. The molecule has 0 amide bonds. The van der Waals surface area contributed by atoms with E-state index in [1.807, 2.05) is 0 Å². The smallest absolute Gasteiger partial charge is 0.135 e. The first-order valence-electron chi connectivity index (χ1n) is 21.4. The van der Waals surface area contributed by atoms with Crippen LogP contribution in [0.2, 0.25) is 0 Å². The summed E-state index contributed by atoms with van der Waals surface area (Å²) < 4.78 is 11.5. The average Bonchev–Trinajstić information content (AvgIpc) is 3.94. The molecular formula is C54H46N2O. The van der Waals surface area contributed by atoms with E-state index in [9.17, 15) is 0 Å². The molecule has 57 heavy (non-hydrogen) atoms. The van der Waals surface area contributed by atoms with E-state index in [1.54, 1.807) is 11.1 Å². The molecule has 3 heteroatoms. The van der Waals surface area contributed by atoms with Crippen LogP contribution < -0.4 is 0 Å². The summed E-state index contributed by atoms with van der Waals surface area (Å²) >= 11 is 0. The zero-order valence-electron chi connectivity index (χ0n) is 32.4. The van der Waals surface area contributed by atoms with E-state index in [-0.39, 0.29) is 0 Å². The largest absolute Gasteiger partial charge is 0.456 e. The van der Waals surface area contributed by atoms with E-state index < -0.39 is 0 Å². The highest BCUT2D eigenvalue weighted by atomic mass is 16.3. The highest BCUT2D eigenvalue weighted by Crippen LogP contribution is 2.43. The molecule has 2 aliphatic rings. The molecule has 7 aromatic carbocycles. The number of fused-ring (bicyclic) bond motifs is 9. The summed E-state index contributed by atoms with van der Waals surface area (Å²) in [4.78, 5) is 0. The van der Waals surface area contributed by atoms with E-state index >= 15 is 0 Å². The third-order valence-corrected chi connectivity index (χ3v) is 13.7. The van der Waals surface area contributed by atoms with Gasteiger partial charge in [0.25, 0.3) is 0 Å². The van der Waals surface area contributed by atoms with E-state index in [1.165, 1.54) is 130 Å². The quantitative estimate of drug-likeness (QED) is 0.172. The number of hydrogen-bond acceptors (Lipinski definition) is 1. The number of nitrogens with zero attached hydrogens (tertiary/aromatic N) is 2. The summed E-state index contributed by atoms with van der Waals surface area (Å²) in [7, 11) is 0. The highest BCUT2D eigenvalue weighted by Gasteiger charge is 2.23. The molecular weight excluding hydrogens is 693 g/mol. The second-order valence-electron chi connectivity index (χ2n) is 16.9. The van der Waals surface area contributed by atoms with Crippen molar-refractivity contribution in [2.75, 3.05) is 0 Å². The first-order chi connectivity index (χ1) is 28.3. The van der Waals surface area contributed by atoms with Crippen LogP contribution in [-0.4, -0.2) is 9.13 Å². The Balaban J connectivity index is 1.03. The Hall–Kier alpha value is -6.06. The van der Waals surface area contributed by atoms with Gasteiger partial charge in [-0.2, -0.15) is 0 Å². The zero-order chi connectivity index (χ0) is 37.5. The molecule has 0 aliphatic heterocycles. The molecule has 10 aromatic rings. The molecule has 0 atom stereocenters. The molecule has 0 radical (unpaired) electrons. The van der Waals surface area contributed by atoms with Crippen LogP contribution in [0.1, 0.15) is 87.2 Å². The summed E-state index contributed by atoms with van der Waals surface area (Å²) in [6.45, 7) is 0. The summed E-state index contributed by atoms with van der Waals surface area (Å²) in [5, 5.41) is 7.39. The fourth-order valence-corrected chi connectivity index (χ4v) is 10.9. The molecule has 2 fully saturated rings. The van der Waals surface area contributed by atoms with E-state index in [0.29, 0.717) is 11.8 Å². The van der Waals surface area contributed by atoms with E-state index in [2.05, 4.69) is 155 Å². The molecule has 3 nitrogen and oxygen atoms in total. The third kappa shape index (κ3) is 5.32. The minimum atomic E-state index is 0.684. The Morgan fingerprint density at radius 2 is 0.930 bits per heavy atom. The normalized spacial score (nSPS) is 15.9. The van der Waals surface area contributed by atoms with Crippen LogP contribution in [0.15, 0.2) is 150 Å². The van der Waals surface area contributed by atoms with Gasteiger partial charge in [0, 0.05) is 38.0 Å². The number of furan rings is 1. The minimum absolute atomic E-state index is 0.684. The van der Waals surface area contributed by atoms with Gasteiger partial charge >= 0.3 is 0 Å². The fourth-order valence-electron chi connectivity index (χ4n) is 10.9. The van der Waals surface area contributed by atoms with Gasteiger partial charge in [0.2, 0.25) is 0 Å². The number of benzene rings is 7. The van der Waals surface area contributed by atoms with Crippen LogP contribution in [0.5, 0.6) is 0 Å². The fraction of sp³-hybridized carbons (Fsp3) is 0.222. The molecule has 2 aliphatic carbocycles. The lowest BCUT2D eigenvalue weighted by Gasteiger charge is -2.27. The number of para-hydroxylation sites is 3. The van der Waals surface area contributed by atoms with Crippen LogP contribution in [0, 0.1) is 0 Å². The second kappa shape index (κ2) is 13.3. The summed E-state index contributed by atoms with van der Waals surface area (Å²) in [6, 6.07) is 54.6. The van der Waals surface area contributed by atoms with Crippen molar-refractivity contribution >= 4 is 65.6 Å². The van der Waals surface area contributed by atoms with Gasteiger partial charge in [0.15, 0.2) is 0 Å². The van der Waals surface area contributed by atoms with Crippen molar-refractivity contribution in [1.82, 2.24) is 9.13 Å². The van der Waals surface area contributed by atoms with Gasteiger partial charge in [0.05, 0.1) is 27.8 Å². The Morgan fingerprint density at radius 1 is 0.386 bits per heavy atom. The van der Waals surface area contributed by atoms with Crippen LogP contribution in [0.25, 0.3) is 88.1 Å². The van der Waals surface area contributed by atoms with Gasteiger partial charge in [-0.25, -0.2) is 0 Å². The van der Waals surface area contributed by atoms with Crippen molar-refractivity contribution in [3.63, 3.8) is 0 Å². The molecule has 3 heterocycles. The van der Waals surface area contributed by atoms with Gasteiger partial charge in [-0.1, -0.05) is 123 Å². The molecule has 278 valence electrons. The number of rotatable bonds is 5. The van der Waals surface area contributed by atoms with Crippen LogP contribution in [-0.2, 0) is 0 Å². The second-order valence-corrected chi connectivity index (χ2v) is 16.9. The zero-order valence-corrected chi connectivity index (χ0v) is 32.4. The average molecular weight is 739 g/mol. The first kappa shape index (κ1) is 33.1. The molecule has 3 aromatic heterocycles. The Labute approximate surface area is 333 Å². The van der Waals surface area contributed by atoms with Gasteiger partial charge < -0.3 is 13.6 Å². The van der Waals surface area contributed by atoms with Crippen molar-refractivity contribution < 1.29 is 4.42 Å². The predicted octanol–water partition coefficient (Wildman–Crippen LogP) is 15.5. The van der Waals surface area contributed by atoms with Gasteiger partial charge in [-0.05, 0) is 120 Å². The predicted molar refractivity (Wildman–Crippen MR) is 239 cm³/mol. The van der Waals surface area contributed by atoms with Crippen molar-refractivity contribution in [2.24, 2.45) is 0 Å². The Morgan fingerprint density at radius 3 is 1.58 bits per heavy atom. The maximum atomic E-state index is 6.57. The van der Waals surface area contributed by atoms with E-state index in [0.717, 1.165) is 22.2 Å². The first-order valence-corrected chi connectivity index (χ1v) is 21.4. The van der Waals surface area contributed by atoms with Crippen molar-refractivity contribution in [3.8, 4) is 22.5 Å². The van der Waals surface area contributed by atoms with Gasteiger partial charge in [-0.3, -0.25) is 0 Å². The van der Waals surface area contributed by atoms with Crippen LogP contribution >= 0.6 is 0 Å². The SMILES string of the molecule is c1ccc2c(c1)c1ccccc1n2-c1cccc2c1c1ccccc1n2-c1ccc2oc3ccc(-c4cc(C5CCCCC5)cc(C5CCCCC5)c4)cc3c2c1. The Bertz CT molecular complexity index is 3070. The van der Waals surface area contributed by atoms with E-state index in [4.69, 9.17) is 4.42 Å². The molecule has 2 saturated carbocycles. The summed E-state index contributed by atoms with van der Waals surface area (Å²) in [5.41, 5.74) is 14.8. The summed E-state index contributed by atoms with van der Waals surface area (Å²) in [5.74, 6) is 1.37. The van der Waals surface area contributed by atoms with Crippen molar-refractivity contribution in [2.45, 2.75) is 76.0 Å². The lowest BCUT2D eigenvalue weighted by Crippen LogP contribution is -2.08. The molecule has 0 unspecified atom stereocenters. The number of aromatic nitrogens is 2. The highest BCUT2D eigenvalue weighted by molar-refractivity contribution is 6.17. The van der Waals surface area contributed by atoms with Crippen molar-refractivity contribution in [1.29, 1.82) is 0 Å². The van der Waals surface area contributed by atoms with Gasteiger partial charge in [-0.15, -0.1) is 0 Å². The maximum absolute atomic E-state index is 6.57. The Kier molecular flexibility index (Phi) is 7.71. The van der Waals surface area contributed by atoms with Gasteiger partial charge in [0.1, 0.15) is 11.2 Å². The molecule has 0 saturated heterocycles. The third-order valence-electron chi connectivity index (χ3n) is 13.7. The standard InChI is InChI=1S/C54H46N2O/c1-3-14-35(15-4-1)38-30-39(36-16-5-2-6-17-36)32-40(31-38)37-26-28-52-45(33-37)46-34-41(27-29-53(46)57-52)55-49-23-12-9-20-44(49)54-50(55)24-13-25-51(54)56-47-21-10-7-18-42(47)43-19-8-11-22-48(43)56/h7-13,18-36H,1-6,14-17H2. The molecule has 0 spiro atoms. The monoisotopic (exact) mass is 738 g/mol.